The van der Waals surface area contributed by atoms with Gasteiger partial charge in [0, 0.05) is 6.61 Å². The summed E-state index contributed by atoms with van der Waals surface area (Å²) in [6.07, 6.45) is 1.49. The number of hydrogen-bond donors (Lipinski definition) is 1. The van der Waals surface area contributed by atoms with Gasteiger partial charge in [0.25, 0.3) is 0 Å². The van der Waals surface area contributed by atoms with E-state index in [-0.39, 0.29) is 0 Å². The lowest BCUT2D eigenvalue weighted by Gasteiger charge is -2.28. The second-order valence-corrected chi connectivity index (χ2v) is 4.99. The number of hydrogen-bond acceptors (Lipinski definition) is 2. The van der Waals surface area contributed by atoms with Gasteiger partial charge in [-0.25, -0.2) is 0 Å². The lowest BCUT2D eigenvalue weighted by molar-refractivity contribution is 0.0610. The van der Waals surface area contributed by atoms with Crippen molar-refractivity contribution < 1.29 is 4.74 Å². The molecule has 2 nitrogen and oxygen atoms in total. The van der Waals surface area contributed by atoms with E-state index in [1.807, 2.05) is 0 Å². The Morgan fingerprint density at radius 1 is 1.41 bits per heavy atom. The zero-order valence-corrected chi connectivity index (χ0v) is 11.1. The molecule has 0 spiro atoms. The van der Waals surface area contributed by atoms with E-state index in [9.17, 15) is 0 Å². The summed E-state index contributed by atoms with van der Waals surface area (Å²) in [5.41, 5.74) is 2.73. The molecular formula is C15H23NO. The molecule has 1 heterocycles. The first kappa shape index (κ1) is 12.6. The number of likely N-dealkylation sites (N-methyl/N-ethyl adjacent to an activating group) is 1. The van der Waals surface area contributed by atoms with Gasteiger partial charge < -0.3 is 10.1 Å². The van der Waals surface area contributed by atoms with Crippen molar-refractivity contribution >= 4 is 0 Å². The summed E-state index contributed by atoms with van der Waals surface area (Å²) in [5.74, 6) is 0.638. The smallest absolute Gasteiger partial charge is 0.0796 e. The number of rotatable bonds is 4. The first-order chi connectivity index (χ1) is 8.24. The maximum atomic E-state index is 5.93. The second kappa shape index (κ2) is 5.65. The summed E-state index contributed by atoms with van der Waals surface area (Å²) in [6, 6.07) is 8.95. The van der Waals surface area contributed by atoms with E-state index in [0.717, 1.165) is 13.2 Å². The van der Waals surface area contributed by atoms with Gasteiger partial charge in [0.15, 0.2) is 0 Å². The molecule has 1 aromatic rings. The molecule has 1 fully saturated rings. The van der Waals surface area contributed by atoms with Gasteiger partial charge in [-0.05, 0) is 36.9 Å². The van der Waals surface area contributed by atoms with E-state index in [4.69, 9.17) is 4.74 Å². The summed E-state index contributed by atoms with van der Waals surface area (Å²) in [6.45, 7) is 8.51. The first-order valence-corrected chi connectivity index (χ1v) is 6.64. The Hall–Kier alpha value is -0.860. The first-order valence-electron chi connectivity index (χ1n) is 6.64. The Balaban J connectivity index is 2.25. The highest BCUT2D eigenvalue weighted by Gasteiger charge is 2.32. The maximum absolute atomic E-state index is 5.93. The Labute approximate surface area is 104 Å². The van der Waals surface area contributed by atoms with Crippen molar-refractivity contribution in [2.24, 2.45) is 5.92 Å². The quantitative estimate of drug-likeness (QED) is 0.863. The molecule has 1 saturated heterocycles. The summed E-state index contributed by atoms with van der Waals surface area (Å²) in [7, 11) is 0. The van der Waals surface area contributed by atoms with Gasteiger partial charge in [-0.1, -0.05) is 38.1 Å². The van der Waals surface area contributed by atoms with Gasteiger partial charge >= 0.3 is 0 Å². The van der Waals surface area contributed by atoms with Crippen LogP contribution in [0.1, 0.15) is 37.4 Å². The molecule has 0 aliphatic carbocycles. The average Bonchev–Trinajstić information content (AvgIpc) is 2.74. The van der Waals surface area contributed by atoms with E-state index >= 15 is 0 Å². The van der Waals surface area contributed by atoms with E-state index in [2.05, 4.69) is 50.4 Å². The summed E-state index contributed by atoms with van der Waals surface area (Å²) in [5, 5.41) is 3.59. The third kappa shape index (κ3) is 2.70. The van der Waals surface area contributed by atoms with Gasteiger partial charge in [0.05, 0.1) is 12.1 Å². The Kier molecular flexibility index (Phi) is 4.19. The number of aryl methyl sites for hydroxylation is 1. The summed E-state index contributed by atoms with van der Waals surface area (Å²) in [4.78, 5) is 0. The molecule has 94 valence electrons. The standard InChI is InChI=1S/C15H23NO/c1-4-16-14(15-12(3)9-10-17-15)13-8-6-5-7-11(13)2/h5-8,12,14-16H,4,9-10H2,1-3H3. The van der Waals surface area contributed by atoms with Crippen LogP contribution in [-0.4, -0.2) is 19.3 Å². The molecule has 0 amide bonds. The monoisotopic (exact) mass is 233 g/mol. The normalized spacial score (nSPS) is 26.1. The molecule has 0 aromatic heterocycles. The minimum Gasteiger partial charge on any atom is -0.376 e. The van der Waals surface area contributed by atoms with Crippen molar-refractivity contribution in [1.29, 1.82) is 0 Å². The van der Waals surface area contributed by atoms with Gasteiger partial charge in [-0.2, -0.15) is 0 Å². The lowest BCUT2D eigenvalue weighted by Crippen LogP contribution is -2.35. The molecule has 1 N–H and O–H groups in total. The molecule has 0 saturated carbocycles. The second-order valence-electron chi connectivity index (χ2n) is 4.99. The van der Waals surface area contributed by atoms with E-state index in [1.165, 1.54) is 17.5 Å². The van der Waals surface area contributed by atoms with Gasteiger partial charge in [0.2, 0.25) is 0 Å². The molecule has 2 rings (SSSR count). The molecule has 3 unspecified atom stereocenters. The van der Waals surface area contributed by atoms with Crippen LogP contribution in [0.3, 0.4) is 0 Å². The lowest BCUT2D eigenvalue weighted by atomic mass is 9.90. The molecule has 1 aromatic carbocycles. The third-order valence-corrected chi connectivity index (χ3v) is 3.72. The molecular weight excluding hydrogens is 210 g/mol. The number of ether oxygens (including phenoxy) is 1. The summed E-state index contributed by atoms with van der Waals surface area (Å²) < 4.78 is 5.93. The van der Waals surface area contributed by atoms with Gasteiger partial charge in [0.1, 0.15) is 0 Å². The Bertz CT molecular complexity index is 364. The van der Waals surface area contributed by atoms with Crippen molar-refractivity contribution in [3.8, 4) is 0 Å². The highest BCUT2D eigenvalue weighted by molar-refractivity contribution is 5.30. The molecule has 1 aliphatic rings. The minimum absolute atomic E-state index is 0.316. The molecule has 3 atom stereocenters. The SMILES string of the molecule is CCNC(c1ccccc1C)C1OCCC1C. The van der Waals surface area contributed by atoms with Crippen molar-refractivity contribution in [3.05, 3.63) is 35.4 Å². The highest BCUT2D eigenvalue weighted by atomic mass is 16.5. The topological polar surface area (TPSA) is 21.3 Å². The maximum Gasteiger partial charge on any atom is 0.0796 e. The van der Waals surface area contributed by atoms with Crippen LogP contribution in [0.15, 0.2) is 24.3 Å². The zero-order chi connectivity index (χ0) is 12.3. The molecule has 2 heteroatoms. The number of nitrogens with one attached hydrogen (secondary N) is 1. The van der Waals surface area contributed by atoms with Crippen LogP contribution in [0, 0.1) is 12.8 Å². The fourth-order valence-electron chi connectivity index (χ4n) is 2.70. The van der Waals surface area contributed by atoms with Gasteiger partial charge in [-0.3, -0.25) is 0 Å². The van der Waals surface area contributed by atoms with Crippen LogP contribution < -0.4 is 5.32 Å². The average molecular weight is 233 g/mol. The fraction of sp³-hybridized carbons (Fsp3) is 0.600. The Morgan fingerprint density at radius 2 is 2.18 bits per heavy atom. The van der Waals surface area contributed by atoms with Crippen LogP contribution in [0.4, 0.5) is 0 Å². The molecule has 0 bridgehead atoms. The van der Waals surface area contributed by atoms with Crippen molar-refractivity contribution in [2.45, 2.75) is 39.3 Å². The van der Waals surface area contributed by atoms with E-state index < -0.39 is 0 Å². The van der Waals surface area contributed by atoms with Crippen LogP contribution in [-0.2, 0) is 4.74 Å². The minimum atomic E-state index is 0.316. The molecule has 1 aliphatic heterocycles. The predicted molar refractivity (Wildman–Crippen MR) is 71.1 cm³/mol. The van der Waals surface area contributed by atoms with Crippen LogP contribution >= 0.6 is 0 Å². The highest BCUT2D eigenvalue weighted by Crippen LogP contribution is 2.32. The largest absolute Gasteiger partial charge is 0.376 e. The summed E-state index contributed by atoms with van der Waals surface area (Å²) >= 11 is 0. The molecule has 0 radical (unpaired) electrons. The van der Waals surface area contributed by atoms with Crippen LogP contribution in [0.2, 0.25) is 0 Å². The number of benzene rings is 1. The third-order valence-electron chi connectivity index (χ3n) is 3.72. The predicted octanol–water partition coefficient (Wildman–Crippen LogP) is 3.07. The zero-order valence-electron chi connectivity index (χ0n) is 11.1. The fourth-order valence-corrected chi connectivity index (χ4v) is 2.70. The van der Waals surface area contributed by atoms with E-state index in [1.54, 1.807) is 0 Å². The Morgan fingerprint density at radius 3 is 2.76 bits per heavy atom. The molecule has 17 heavy (non-hydrogen) atoms. The van der Waals surface area contributed by atoms with Crippen LogP contribution in [0.25, 0.3) is 0 Å². The van der Waals surface area contributed by atoms with Crippen molar-refractivity contribution in [3.63, 3.8) is 0 Å². The van der Waals surface area contributed by atoms with Crippen LogP contribution in [0.5, 0.6) is 0 Å². The van der Waals surface area contributed by atoms with Crippen molar-refractivity contribution in [1.82, 2.24) is 5.32 Å². The van der Waals surface area contributed by atoms with E-state index in [0.29, 0.717) is 18.1 Å². The van der Waals surface area contributed by atoms with Crippen molar-refractivity contribution in [2.75, 3.05) is 13.2 Å². The van der Waals surface area contributed by atoms with Gasteiger partial charge in [-0.15, -0.1) is 0 Å².